The molecule has 0 saturated carbocycles. The van der Waals surface area contributed by atoms with E-state index in [0.717, 1.165) is 6.42 Å². The van der Waals surface area contributed by atoms with Gasteiger partial charge in [0.05, 0.1) is 6.42 Å². The molecule has 0 fully saturated rings. The Morgan fingerprint density at radius 1 is 1.47 bits per heavy atom. The van der Waals surface area contributed by atoms with Crippen LogP contribution in [-0.2, 0) is 4.79 Å². The molecule has 1 rings (SSSR count). The Morgan fingerprint density at radius 2 is 2.11 bits per heavy atom. The molecule has 1 unspecified atom stereocenters. The molecule has 5 nitrogen and oxygen atoms in total. The van der Waals surface area contributed by atoms with Crippen LogP contribution in [0.5, 0.6) is 0 Å². The summed E-state index contributed by atoms with van der Waals surface area (Å²) in [5.41, 5.74) is 1.52. The first-order chi connectivity index (χ1) is 8.70. The van der Waals surface area contributed by atoms with Gasteiger partial charge in [-0.2, -0.15) is 0 Å². The van der Waals surface area contributed by atoms with E-state index in [0.29, 0.717) is 13.1 Å². The van der Waals surface area contributed by atoms with Gasteiger partial charge in [0.2, 0.25) is 0 Å². The summed E-state index contributed by atoms with van der Waals surface area (Å²) in [6.45, 7) is 9.50. The van der Waals surface area contributed by atoms with Crippen LogP contribution >= 0.6 is 0 Å². The van der Waals surface area contributed by atoms with Gasteiger partial charge in [-0.3, -0.25) is 4.79 Å². The average Bonchev–Trinajstić information content (AvgIpc) is 2.26. The molecule has 0 radical (unpaired) electrons. The second-order valence-electron chi connectivity index (χ2n) is 6.12. The van der Waals surface area contributed by atoms with E-state index in [-0.39, 0.29) is 23.9 Å². The zero-order chi connectivity index (χ0) is 14.6. The van der Waals surface area contributed by atoms with Gasteiger partial charge in [0.25, 0.3) is 0 Å². The van der Waals surface area contributed by atoms with Crippen LogP contribution in [0.15, 0.2) is 11.6 Å². The summed E-state index contributed by atoms with van der Waals surface area (Å²) >= 11 is 0. The Kier molecular flexibility index (Phi) is 4.97. The van der Waals surface area contributed by atoms with Gasteiger partial charge in [-0.25, -0.2) is 4.79 Å². The molecule has 19 heavy (non-hydrogen) atoms. The standard InChI is InChI=1S/C14H24N2O3/c1-10(9-12(17)18)15-13(19)16-7-5-11(6-8-16)14(2,3)4/h5,10H,6-9H2,1-4H3,(H,15,19)(H,17,18). The van der Waals surface area contributed by atoms with Crippen molar-refractivity contribution in [3.8, 4) is 0 Å². The third-order valence-electron chi connectivity index (χ3n) is 3.31. The number of nitrogens with one attached hydrogen (secondary N) is 1. The molecule has 0 saturated heterocycles. The molecule has 0 aromatic heterocycles. The zero-order valence-corrected chi connectivity index (χ0v) is 12.2. The van der Waals surface area contributed by atoms with E-state index in [1.165, 1.54) is 5.57 Å². The molecule has 1 heterocycles. The second kappa shape index (κ2) is 6.08. The van der Waals surface area contributed by atoms with Crippen LogP contribution < -0.4 is 5.32 Å². The monoisotopic (exact) mass is 268 g/mol. The van der Waals surface area contributed by atoms with Crippen LogP contribution in [0.1, 0.15) is 40.5 Å². The fraction of sp³-hybridized carbons (Fsp3) is 0.714. The Labute approximate surface area is 114 Å². The van der Waals surface area contributed by atoms with Crippen LogP contribution in [0, 0.1) is 5.41 Å². The number of nitrogens with zero attached hydrogens (tertiary/aromatic N) is 1. The van der Waals surface area contributed by atoms with Crippen LogP contribution in [0.25, 0.3) is 0 Å². The summed E-state index contributed by atoms with van der Waals surface area (Å²) in [5, 5.41) is 11.4. The highest BCUT2D eigenvalue weighted by molar-refractivity contribution is 5.76. The molecule has 0 aromatic carbocycles. The minimum Gasteiger partial charge on any atom is -0.481 e. The predicted octanol–water partition coefficient (Wildman–Crippen LogP) is 2.24. The van der Waals surface area contributed by atoms with Gasteiger partial charge in [0, 0.05) is 19.1 Å². The normalized spacial score (nSPS) is 17.7. The highest BCUT2D eigenvalue weighted by atomic mass is 16.4. The lowest BCUT2D eigenvalue weighted by atomic mass is 9.83. The molecule has 0 spiro atoms. The number of carbonyl (C=O) groups excluding carboxylic acids is 1. The third-order valence-corrected chi connectivity index (χ3v) is 3.31. The fourth-order valence-corrected chi connectivity index (χ4v) is 2.15. The van der Waals surface area contributed by atoms with Crippen molar-refractivity contribution in [2.75, 3.05) is 13.1 Å². The van der Waals surface area contributed by atoms with E-state index in [2.05, 4.69) is 32.2 Å². The number of carboxylic acid groups (broad SMARTS) is 1. The largest absolute Gasteiger partial charge is 0.481 e. The summed E-state index contributed by atoms with van der Waals surface area (Å²) in [5.74, 6) is -0.902. The van der Waals surface area contributed by atoms with E-state index in [4.69, 9.17) is 5.11 Å². The number of carboxylic acids is 1. The van der Waals surface area contributed by atoms with Crippen molar-refractivity contribution in [3.63, 3.8) is 0 Å². The summed E-state index contributed by atoms with van der Waals surface area (Å²) in [7, 11) is 0. The van der Waals surface area contributed by atoms with E-state index in [9.17, 15) is 9.59 Å². The number of carbonyl (C=O) groups is 2. The molecule has 0 bridgehead atoms. The number of urea groups is 1. The zero-order valence-electron chi connectivity index (χ0n) is 12.2. The minimum absolute atomic E-state index is 0.0529. The number of hydrogen-bond donors (Lipinski definition) is 2. The smallest absolute Gasteiger partial charge is 0.317 e. The maximum Gasteiger partial charge on any atom is 0.317 e. The van der Waals surface area contributed by atoms with Gasteiger partial charge >= 0.3 is 12.0 Å². The first-order valence-corrected chi connectivity index (χ1v) is 6.67. The van der Waals surface area contributed by atoms with Crippen molar-refractivity contribution >= 4 is 12.0 Å². The van der Waals surface area contributed by atoms with E-state index in [1.54, 1.807) is 11.8 Å². The van der Waals surface area contributed by atoms with Crippen molar-refractivity contribution in [3.05, 3.63) is 11.6 Å². The van der Waals surface area contributed by atoms with Crippen molar-refractivity contribution in [2.24, 2.45) is 5.41 Å². The van der Waals surface area contributed by atoms with Gasteiger partial charge in [-0.05, 0) is 18.8 Å². The van der Waals surface area contributed by atoms with Gasteiger partial charge in [-0.1, -0.05) is 32.4 Å². The summed E-state index contributed by atoms with van der Waals surface area (Å²) in [4.78, 5) is 24.2. The summed E-state index contributed by atoms with van der Waals surface area (Å²) < 4.78 is 0. The molecule has 2 N–H and O–H groups in total. The topological polar surface area (TPSA) is 69.6 Å². The lowest BCUT2D eigenvalue weighted by molar-refractivity contribution is -0.137. The molecule has 2 amide bonds. The molecule has 0 aliphatic carbocycles. The molecular formula is C14H24N2O3. The Balaban J connectivity index is 2.49. The number of hydrogen-bond acceptors (Lipinski definition) is 2. The quantitative estimate of drug-likeness (QED) is 0.771. The average molecular weight is 268 g/mol. The lowest BCUT2D eigenvalue weighted by Gasteiger charge is -2.32. The SMILES string of the molecule is CC(CC(=O)O)NC(=O)N1CC=C(C(C)(C)C)CC1. The predicted molar refractivity (Wildman–Crippen MR) is 74.0 cm³/mol. The van der Waals surface area contributed by atoms with Gasteiger partial charge in [0.1, 0.15) is 0 Å². The van der Waals surface area contributed by atoms with Crippen LogP contribution in [0.2, 0.25) is 0 Å². The van der Waals surface area contributed by atoms with Crippen molar-refractivity contribution in [1.82, 2.24) is 10.2 Å². The minimum atomic E-state index is -0.902. The maximum atomic E-state index is 11.9. The molecule has 1 aliphatic heterocycles. The molecule has 1 atom stereocenters. The van der Waals surface area contributed by atoms with E-state index in [1.807, 2.05) is 0 Å². The highest BCUT2D eigenvalue weighted by Gasteiger charge is 2.24. The third kappa shape index (κ3) is 4.93. The molecule has 5 heteroatoms. The van der Waals surface area contributed by atoms with E-state index >= 15 is 0 Å². The van der Waals surface area contributed by atoms with Crippen LogP contribution in [-0.4, -0.2) is 41.1 Å². The van der Waals surface area contributed by atoms with Crippen LogP contribution in [0.3, 0.4) is 0 Å². The molecule has 0 aromatic rings. The Bertz CT molecular complexity index is 383. The molecular weight excluding hydrogens is 244 g/mol. The highest BCUT2D eigenvalue weighted by Crippen LogP contribution is 2.29. The molecule has 1 aliphatic rings. The summed E-state index contributed by atoms with van der Waals surface area (Å²) in [6.07, 6.45) is 2.93. The second-order valence-corrected chi connectivity index (χ2v) is 6.12. The number of amides is 2. The number of rotatable bonds is 3. The van der Waals surface area contributed by atoms with Crippen LogP contribution in [0.4, 0.5) is 4.79 Å². The van der Waals surface area contributed by atoms with Crippen molar-refractivity contribution in [2.45, 2.75) is 46.6 Å². The maximum absolute atomic E-state index is 11.9. The van der Waals surface area contributed by atoms with Crippen molar-refractivity contribution in [1.29, 1.82) is 0 Å². The first-order valence-electron chi connectivity index (χ1n) is 6.67. The van der Waals surface area contributed by atoms with E-state index < -0.39 is 5.97 Å². The number of aliphatic carboxylic acids is 1. The van der Waals surface area contributed by atoms with Gasteiger partial charge < -0.3 is 15.3 Å². The Hall–Kier alpha value is -1.52. The summed E-state index contributed by atoms with van der Waals surface area (Å²) in [6, 6.07) is -0.532. The first kappa shape index (κ1) is 15.5. The molecule has 108 valence electrons. The lowest BCUT2D eigenvalue weighted by Crippen LogP contribution is -2.46. The fourth-order valence-electron chi connectivity index (χ4n) is 2.15. The van der Waals surface area contributed by atoms with Crippen molar-refractivity contribution < 1.29 is 14.7 Å². The van der Waals surface area contributed by atoms with Gasteiger partial charge in [0.15, 0.2) is 0 Å². The Morgan fingerprint density at radius 3 is 2.53 bits per heavy atom. The van der Waals surface area contributed by atoms with Gasteiger partial charge in [-0.15, -0.1) is 0 Å².